The number of aromatic nitrogens is 2. The third-order valence-electron chi connectivity index (χ3n) is 3.92. The van der Waals surface area contributed by atoms with Crippen LogP contribution in [0.2, 0.25) is 0 Å². The molecule has 2 aliphatic rings. The number of nitrogens with two attached hydrogens (primary N) is 1. The molecule has 0 amide bonds. The molecule has 2 N–H and O–H groups in total. The third kappa shape index (κ3) is 1.64. The molecule has 5 heteroatoms. The van der Waals surface area contributed by atoms with Crippen molar-refractivity contribution in [1.29, 1.82) is 0 Å². The zero-order valence-electron chi connectivity index (χ0n) is 9.43. The molecule has 1 atom stereocenters. The third-order valence-corrected chi connectivity index (χ3v) is 3.92. The summed E-state index contributed by atoms with van der Waals surface area (Å²) < 4.78 is 5.34. The molecule has 5 nitrogen and oxygen atoms in total. The van der Waals surface area contributed by atoms with Gasteiger partial charge in [0, 0.05) is 12.6 Å². The summed E-state index contributed by atoms with van der Waals surface area (Å²) >= 11 is 0. The highest BCUT2D eigenvalue weighted by molar-refractivity contribution is 5.32. The first kappa shape index (κ1) is 9.93. The molecular formula is C11H18N4O. The van der Waals surface area contributed by atoms with E-state index in [9.17, 15) is 0 Å². The largest absolute Gasteiger partial charge is 0.390 e. The quantitative estimate of drug-likeness (QED) is 0.826. The monoisotopic (exact) mass is 222 g/mol. The van der Waals surface area contributed by atoms with E-state index in [1.165, 1.54) is 38.5 Å². The Labute approximate surface area is 95.0 Å². The number of anilines is 2. The van der Waals surface area contributed by atoms with E-state index in [2.05, 4.69) is 15.1 Å². The fourth-order valence-electron chi connectivity index (χ4n) is 3.20. The highest BCUT2D eigenvalue weighted by atomic mass is 16.4. The van der Waals surface area contributed by atoms with Crippen LogP contribution in [0.1, 0.15) is 38.5 Å². The molecule has 16 heavy (non-hydrogen) atoms. The van der Waals surface area contributed by atoms with Gasteiger partial charge in [-0.1, -0.05) is 23.0 Å². The Morgan fingerprint density at radius 2 is 1.94 bits per heavy atom. The van der Waals surface area contributed by atoms with Gasteiger partial charge in [-0.15, -0.1) is 0 Å². The van der Waals surface area contributed by atoms with Gasteiger partial charge in [-0.2, -0.15) is 0 Å². The van der Waals surface area contributed by atoms with Gasteiger partial charge in [-0.05, 0) is 31.6 Å². The summed E-state index contributed by atoms with van der Waals surface area (Å²) in [6.45, 7) is 1.03. The smallest absolute Gasteiger partial charge is 0.319 e. The highest BCUT2D eigenvalue weighted by Gasteiger charge is 2.35. The van der Waals surface area contributed by atoms with Crippen LogP contribution in [-0.4, -0.2) is 22.8 Å². The van der Waals surface area contributed by atoms with Crippen molar-refractivity contribution < 1.29 is 4.42 Å². The second-order valence-electron chi connectivity index (χ2n) is 4.87. The highest BCUT2D eigenvalue weighted by Crippen LogP contribution is 2.37. The van der Waals surface area contributed by atoms with Crippen LogP contribution >= 0.6 is 0 Å². The minimum absolute atomic E-state index is 0.173. The second kappa shape index (κ2) is 3.96. The first-order chi connectivity index (χ1) is 7.84. The van der Waals surface area contributed by atoms with E-state index in [0.717, 1.165) is 12.5 Å². The van der Waals surface area contributed by atoms with Crippen LogP contribution in [-0.2, 0) is 0 Å². The van der Waals surface area contributed by atoms with Crippen LogP contribution in [0, 0.1) is 5.92 Å². The minimum Gasteiger partial charge on any atom is -0.390 e. The number of rotatable bonds is 2. The minimum atomic E-state index is 0.173. The van der Waals surface area contributed by atoms with Crippen LogP contribution < -0.4 is 10.6 Å². The normalized spacial score (nSPS) is 26.8. The van der Waals surface area contributed by atoms with Gasteiger partial charge in [0.1, 0.15) is 0 Å². The summed E-state index contributed by atoms with van der Waals surface area (Å²) in [6, 6.07) is 1.39. The molecule has 0 aromatic carbocycles. The van der Waals surface area contributed by atoms with Crippen LogP contribution in [0.25, 0.3) is 0 Å². The summed E-state index contributed by atoms with van der Waals surface area (Å²) in [7, 11) is 0. The maximum Gasteiger partial charge on any atom is 0.319 e. The number of nitrogens with zero attached hydrogens (tertiary/aromatic N) is 3. The lowest BCUT2D eigenvalue weighted by atomic mass is 9.96. The Morgan fingerprint density at radius 3 is 2.62 bits per heavy atom. The van der Waals surface area contributed by atoms with Gasteiger partial charge < -0.3 is 15.1 Å². The topological polar surface area (TPSA) is 68.2 Å². The van der Waals surface area contributed by atoms with Crippen molar-refractivity contribution in [2.75, 3.05) is 17.2 Å². The predicted octanol–water partition coefficient (Wildman–Crippen LogP) is 1.81. The van der Waals surface area contributed by atoms with Crippen LogP contribution in [0.5, 0.6) is 0 Å². The zero-order valence-corrected chi connectivity index (χ0v) is 9.43. The molecule has 1 aliphatic heterocycles. The van der Waals surface area contributed by atoms with Crippen molar-refractivity contribution >= 4 is 12.0 Å². The van der Waals surface area contributed by atoms with Gasteiger partial charge >= 0.3 is 12.0 Å². The van der Waals surface area contributed by atoms with Gasteiger partial charge in [0.15, 0.2) is 0 Å². The van der Waals surface area contributed by atoms with Crippen molar-refractivity contribution in [2.24, 2.45) is 5.92 Å². The Bertz CT molecular complexity index is 359. The summed E-state index contributed by atoms with van der Waals surface area (Å²) in [5.74, 6) is 0.815. The van der Waals surface area contributed by atoms with E-state index < -0.39 is 0 Å². The van der Waals surface area contributed by atoms with Crippen LogP contribution in [0.4, 0.5) is 12.0 Å². The van der Waals surface area contributed by atoms with Crippen molar-refractivity contribution in [1.82, 2.24) is 10.2 Å². The Morgan fingerprint density at radius 1 is 1.12 bits per heavy atom. The van der Waals surface area contributed by atoms with E-state index in [0.29, 0.717) is 12.1 Å². The van der Waals surface area contributed by atoms with E-state index >= 15 is 0 Å². The zero-order chi connectivity index (χ0) is 11.0. The standard InChI is InChI=1S/C11H18N4O/c12-10-13-14-11(16-10)15-7-3-6-9(15)8-4-1-2-5-8/h8-9H,1-7H2,(H2,12,13). The maximum absolute atomic E-state index is 5.48. The van der Waals surface area contributed by atoms with Crippen LogP contribution in [0.15, 0.2) is 4.42 Å². The van der Waals surface area contributed by atoms with Crippen molar-refractivity contribution in [3.63, 3.8) is 0 Å². The van der Waals surface area contributed by atoms with E-state index in [-0.39, 0.29) is 6.01 Å². The fraction of sp³-hybridized carbons (Fsp3) is 0.818. The molecule has 3 rings (SSSR count). The molecule has 0 bridgehead atoms. The first-order valence-electron chi connectivity index (χ1n) is 6.20. The maximum atomic E-state index is 5.48. The summed E-state index contributed by atoms with van der Waals surface area (Å²) in [5.41, 5.74) is 5.48. The first-order valence-corrected chi connectivity index (χ1v) is 6.20. The van der Waals surface area contributed by atoms with E-state index in [1.807, 2.05) is 0 Å². The lowest BCUT2D eigenvalue weighted by molar-refractivity contribution is 0.411. The van der Waals surface area contributed by atoms with E-state index in [1.54, 1.807) is 0 Å². The van der Waals surface area contributed by atoms with Crippen molar-refractivity contribution in [3.8, 4) is 0 Å². The molecule has 1 aromatic heterocycles. The molecule has 1 aliphatic carbocycles. The average molecular weight is 222 g/mol. The van der Waals surface area contributed by atoms with Gasteiger partial charge in [0.25, 0.3) is 0 Å². The molecular weight excluding hydrogens is 204 g/mol. The summed E-state index contributed by atoms with van der Waals surface area (Å²) in [5, 5.41) is 7.75. The number of hydrogen-bond donors (Lipinski definition) is 1. The van der Waals surface area contributed by atoms with Gasteiger partial charge in [-0.3, -0.25) is 0 Å². The molecule has 0 spiro atoms. The van der Waals surface area contributed by atoms with Gasteiger partial charge in [0.2, 0.25) is 0 Å². The van der Waals surface area contributed by atoms with Gasteiger partial charge in [-0.25, -0.2) is 0 Å². The van der Waals surface area contributed by atoms with E-state index in [4.69, 9.17) is 10.2 Å². The van der Waals surface area contributed by atoms with Crippen LogP contribution in [0.3, 0.4) is 0 Å². The summed E-state index contributed by atoms with van der Waals surface area (Å²) in [6.07, 6.45) is 7.94. The Balaban J connectivity index is 1.78. The molecule has 2 heterocycles. The molecule has 0 radical (unpaired) electrons. The average Bonchev–Trinajstić information content (AvgIpc) is 2.96. The molecule has 1 aromatic rings. The summed E-state index contributed by atoms with van der Waals surface area (Å²) in [4.78, 5) is 2.26. The van der Waals surface area contributed by atoms with Crippen molar-refractivity contribution in [2.45, 2.75) is 44.6 Å². The lowest BCUT2D eigenvalue weighted by Crippen LogP contribution is -2.34. The number of hydrogen-bond acceptors (Lipinski definition) is 5. The SMILES string of the molecule is Nc1nnc(N2CCCC2C2CCCC2)o1. The van der Waals surface area contributed by atoms with Crippen molar-refractivity contribution in [3.05, 3.63) is 0 Å². The fourth-order valence-corrected chi connectivity index (χ4v) is 3.20. The molecule has 88 valence electrons. The lowest BCUT2D eigenvalue weighted by Gasteiger charge is -2.27. The Kier molecular flexibility index (Phi) is 2.46. The number of nitrogen functional groups attached to an aromatic ring is 1. The van der Waals surface area contributed by atoms with Gasteiger partial charge in [0.05, 0.1) is 0 Å². The molecule has 1 saturated heterocycles. The molecule has 1 unspecified atom stereocenters. The molecule has 2 fully saturated rings. The molecule has 1 saturated carbocycles. The Hall–Kier alpha value is -1.26. The second-order valence-corrected chi connectivity index (χ2v) is 4.87. The predicted molar refractivity (Wildman–Crippen MR) is 61.0 cm³/mol.